The summed E-state index contributed by atoms with van der Waals surface area (Å²) >= 11 is 0. The molecule has 22 heavy (non-hydrogen) atoms. The maximum Gasteiger partial charge on any atom is 0.327 e. The fraction of sp³-hybridized carbons (Fsp3) is 0.294. The normalized spacial score (nSPS) is 21.2. The van der Waals surface area contributed by atoms with Gasteiger partial charge in [0.05, 0.1) is 12.0 Å². The van der Waals surface area contributed by atoms with E-state index in [1.165, 1.54) is 0 Å². The van der Waals surface area contributed by atoms with Crippen LogP contribution in [0.3, 0.4) is 0 Å². The summed E-state index contributed by atoms with van der Waals surface area (Å²) in [7, 11) is 0. The topological polar surface area (TPSA) is 92.4 Å². The average Bonchev–Trinajstić information content (AvgIpc) is 2.93. The van der Waals surface area contributed by atoms with Crippen molar-refractivity contribution >= 4 is 28.2 Å². The SMILES string of the molecule is CC[C@H](N)C(=O)C1c2c(ccc3ccccc23)NC1C(=O)O. The Hall–Kier alpha value is -2.40. The number of carbonyl (C=O) groups is 2. The number of aliphatic carboxylic acids is 1. The Kier molecular flexibility index (Phi) is 3.58. The summed E-state index contributed by atoms with van der Waals surface area (Å²) in [5.74, 6) is -2.02. The highest BCUT2D eigenvalue weighted by atomic mass is 16.4. The van der Waals surface area contributed by atoms with Crippen molar-refractivity contribution < 1.29 is 14.7 Å². The highest BCUT2D eigenvalue weighted by molar-refractivity contribution is 6.05. The van der Waals surface area contributed by atoms with Gasteiger partial charge in [-0.15, -0.1) is 0 Å². The van der Waals surface area contributed by atoms with E-state index in [0.29, 0.717) is 12.1 Å². The van der Waals surface area contributed by atoms with E-state index in [9.17, 15) is 14.7 Å². The maximum atomic E-state index is 12.7. The van der Waals surface area contributed by atoms with Gasteiger partial charge >= 0.3 is 5.97 Å². The van der Waals surface area contributed by atoms with Gasteiger partial charge in [0.25, 0.3) is 0 Å². The van der Waals surface area contributed by atoms with Crippen LogP contribution in [0.5, 0.6) is 0 Å². The largest absolute Gasteiger partial charge is 0.480 e. The molecular formula is C17H18N2O3. The van der Waals surface area contributed by atoms with E-state index in [0.717, 1.165) is 16.3 Å². The Morgan fingerprint density at radius 2 is 2.00 bits per heavy atom. The molecule has 0 spiro atoms. The number of fused-ring (bicyclic) bond motifs is 3. The Morgan fingerprint density at radius 3 is 2.68 bits per heavy atom. The van der Waals surface area contributed by atoms with Gasteiger partial charge in [-0.25, -0.2) is 4.79 Å². The van der Waals surface area contributed by atoms with Crippen molar-refractivity contribution in [3.63, 3.8) is 0 Å². The molecule has 0 saturated carbocycles. The van der Waals surface area contributed by atoms with Crippen LogP contribution < -0.4 is 11.1 Å². The highest BCUT2D eigenvalue weighted by Crippen LogP contribution is 2.42. The summed E-state index contributed by atoms with van der Waals surface area (Å²) in [6.07, 6.45) is 0.488. The van der Waals surface area contributed by atoms with Crippen LogP contribution in [0.25, 0.3) is 10.8 Å². The third-order valence-corrected chi connectivity index (χ3v) is 4.30. The van der Waals surface area contributed by atoms with Crippen molar-refractivity contribution in [3.8, 4) is 0 Å². The van der Waals surface area contributed by atoms with Crippen LogP contribution in [0.4, 0.5) is 5.69 Å². The number of hydrogen-bond acceptors (Lipinski definition) is 4. The van der Waals surface area contributed by atoms with Crippen molar-refractivity contribution in [3.05, 3.63) is 42.0 Å². The maximum absolute atomic E-state index is 12.7. The van der Waals surface area contributed by atoms with Crippen LogP contribution in [0.2, 0.25) is 0 Å². The van der Waals surface area contributed by atoms with Gasteiger partial charge in [-0.05, 0) is 28.8 Å². The second-order valence-electron chi connectivity index (χ2n) is 5.60. The average molecular weight is 298 g/mol. The molecule has 0 aliphatic carbocycles. The zero-order valence-corrected chi connectivity index (χ0v) is 12.2. The zero-order valence-electron chi connectivity index (χ0n) is 12.2. The van der Waals surface area contributed by atoms with Crippen molar-refractivity contribution in [2.24, 2.45) is 5.73 Å². The van der Waals surface area contributed by atoms with Crippen LogP contribution in [0.15, 0.2) is 36.4 Å². The van der Waals surface area contributed by atoms with Gasteiger partial charge in [0.15, 0.2) is 5.78 Å². The minimum atomic E-state index is -1.04. The number of ketones is 1. The molecule has 3 rings (SSSR count). The number of hydrogen-bond donors (Lipinski definition) is 3. The third kappa shape index (κ3) is 2.14. The molecule has 0 amide bonds. The van der Waals surface area contributed by atoms with Crippen molar-refractivity contribution in [1.29, 1.82) is 0 Å². The molecule has 5 heteroatoms. The van der Waals surface area contributed by atoms with Gasteiger partial charge in [0, 0.05) is 5.69 Å². The lowest BCUT2D eigenvalue weighted by Crippen LogP contribution is -2.41. The molecule has 114 valence electrons. The van der Waals surface area contributed by atoms with Crippen LogP contribution in [-0.4, -0.2) is 28.9 Å². The molecule has 0 bridgehead atoms. The number of carboxylic acid groups (broad SMARTS) is 1. The molecule has 5 nitrogen and oxygen atoms in total. The first kappa shape index (κ1) is 14.5. The number of carbonyl (C=O) groups excluding carboxylic acids is 1. The molecule has 0 aromatic heterocycles. The number of carboxylic acids is 1. The van der Waals surface area contributed by atoms with Crippen molar-refractivity contribution in [2.75, 3.05) is 5.32 Å². The number of nitrogens with one attached hydrogen (secondary N) is 1. The highest BCUT2D eigenvalue weighted by Gasteiger charge is 2.43. The lowest BCUT2D eigenvalue weighted by Gasteiger charge is -2.19. The van der Waals surface area contributed by atoms with Crippen LogP contribution in [-0.2, 0) is 9.59 Å². The number of benzene rings is 2. The molecule has 0 saturated heterocycles. The van der Waals surface area contributed by atoms with Gasteiger partial charge in [-0.2, -0.15) is 0 Å². The van der Waals surface area contributed by atoms with Crippen molar-refractivity contribution in [1.82, 2.24) is 0 Å². The third-order valence-electron chi connectivity index (χ3n) is 4.30. The molecule has 2 unspecified atom stereocenters. The predicted octanol–water partition coefficient (Wildman–Crippen LogP) is 2.11. The van der Waals surface area contributed by atoms with Crippen LogP contribution in [0, 0.1) is 0 Å². The molecule has 3 atom stereocenters. The Balaban J connectivity index is 2.20. The number of rotatable bonds is 4. The van der Waals surface area contributed by atoms with Gasteiger partial charge in [0.2, 0.25) is 0 Å². The van der Waals surface area contributed by atoms with E-state index in [1.807, 2.05) is 43.3 Å². The zero-order chi connectivity index (χ0) is 15.9. The number of Topliss-reactive ketones (excluding diaryl/α,β-unsaturated/α-hetero) is 1. The van der Waals surface area contributed by atoms with E-state index in [4.69, 9.17) is 5.73 Å². The van der Waals surface area contributed by atoms with Crippen LogP contribution in [0.1, 0.15) is 24.8 Å². The summed E-state index contributed by atoms with van der Waals surface area (Å²) in [4.78, 5) is 24.2. The molecule has 1 aliphatic heterocycles. The predicted molar refractivity (Wildman–Crippen MR) is 85.0 cm³/mol. The quantitative estimate of drug-likeness (QED) is 0.804. The molecule has 2 aromatic rings. The Morgan fingerprint density at radius 1 is 1.27 bits per heavy atom. The monoisotopic (exact) mass is 298 g/mol. The molecular weight excluding hydrogens is 280 g/mol. The molecule has 2 aromatic carbocycles. The summed E-state index contributed by atoms with van der Waals surface area (Å²) in [6.45, 7) is 1.82. The van der Waals surface area contributed by atoms with E-state index in [-0.39, 0.29) is 5.78 Å². The number of nitrogens with two attached hydrogens (primary N) is 1. The summed E-state index contributed by atoms with van der Waals surface area (Å²) in [5, 5.41) is 14.3. The van der Waals surface area contributed by atoms with Gasteiger partial charge in [-0.3, -0.25) is 4.79 Å². The minimum absolute atomic E-state index is 0.225. The van der Waals surface area contributed by atoms with Gasteiger partial charge in [-0.1, -0.05) is 37.3 Å². The fourth-order valence-electron chi connectivity index (χ4n) is 3.12. The van der Waals surface area contributed by atoms with Gasteiger partial charge in [0.1, 0.15) is 6.04 Å². The van der Waals surface area contributed by atoms with Crippen molar-refractivity contribution in [2.45, 2.75) is 31.3 Å². The summed E-state index contributed by atoms with van der Waals surface area (Å²) in [6, 6.07) is 9.80. The van der Waals surface area contributed by atoms with Gasteiger partial charge < -0.3 is 16.2 Å². The summed E-state index contributed by atoms with van der Waals surface area (Å²) in [5.41, 5.74) is 7.34. The van der Waals surface area contributed by atoms with E-state index in [2.05, 4.69) is 5.32 Å². The molecule has 1 heterocycles. The molecule has 0 radical (unpaired) electrons. The second-order valence-corrected chi connectivity index (χ2v) is 5.60. The molecule has 4 N–H and O–H groups in total. The first-order chi connectivity index (χ1) is 10.5. The van der Waals surface area contributed by atoms with E-state index >= 15 is 0 Å². The minimum Gasteiger partial charge on any atom is -0.480 e. The second kappa shape index (κ2) is 5.42. The summed E-state index contributed by atoms with van der Waals surface area (Å²) < 4.78 is 0. The first-order valence-corrected chi connectivity index (χ1v) is 7.35. The molecule has 1 aliphatic rings. The number of anilines is 1. The Labute approximate surface area is 128 Å². The first-order valence-electron chi connectivity index (χ1n) is 7.35. The smallest absolute Gasteiger partial charge is 0.327 e. The van der Waals surface area contributed by atoms with Crippen LogP contribution >= 0.6 is 0 Å². The lowest BCUT2D eigenvalue weighted by atomic mass is 9.84. The fourth-order valence-corrected chi connectivity index (χ4v) is 3.12. The van der Waals surface area contributed by atoms with E-state index in [1.54, 1.807) is 0 Å². The van der Waals surface area contributed by atoms with E-state index < -0.39 is 24.0 Å². The Bertz CT molecular complexity index is 757. The molecule has 0 fully saturated rings. The lowest BCUT2D eigenvalue weighted by molar-refractivity contribution is -0.140. The standard InChI is InChI=1S/C17H18N2O3/c1-2-11(18)16(20)14-13-10-6-4-3-5-9(10)7-8-12(13)19-15(14)17(21)22/h3-8,11,14-15,19H,2,18H2,1H3,(H,21,22)/t11-,14?,15?/m0/s1.